The van der Waals surface area contributed by atoms with Gasteiger partial charge in [0.2, 0.25) is 11.8 Å². The average Bonchev–Trinajstić information content (AvgIpc) is 3.75. The molecule has 8 nitrogen and oxygen atoms in total. The molecule has 2 aliphatic rings. The van der Waals surface area contributed by atoms with Crippen molar-refractivity contribution in [2.24, 2.45) is 13.0 Å². The van der Waals surface area contributed by atoms with E-state index in [1.807, 2.05) is 43.4 Å². The number of halogens is 3. The fraction of sp³-hybridized carbons (Fsp3) is 0.375. The Hall–Kier alpha value is -4.25. The molecule has 0 unspecified atom stereocenters. The van der Waals surface area contributed by atoms with Crippen LogP contribution < -0.4 is 10.6 Å². The predicted molar refractivity (Wildman–Crippen MR) is 155 cm³/mol. The molecule has 0 bridgehead atoms. The number of nitrogens with zero attached hydrogens (tertiary/aromatic N) is 4. The number of hydrogen-bond acceptors (Lipinski definition) is 5. The minimum atomic E-state index is -4.40. The molecule has 0 radical (unpaired) electrons. The maximum Gasteiger partial charge on any atom is 0.416 e. The number of benzene rings is 3. The van der Waals surface area contributed by atoms with E-state index in [1.54, 1.807) is 9.58 Å². The monoisotopic (exact) mass is 590 g/mol. The summed E-state index contributed by atoms with van der Waals surface area (Å²) in [5.41, 5.74) is 3.68. The highest BCUT2D eigenvalue weighted by molar-refractivity contribution is 5.90. The second kappa shape index (κ2) is 11.8. The Morgan fingerprint density at radius 1 is 1.00 bits per heavy atom. The van der Waals surface area contributed by atoms with Gasteiger partial charge in [0, 0.05) is 26.7 Å². The molecule has 224 valence electrons. The first-order chi connectivity index (χ1) is 20.7. The molecule has 0 saturated carbocycles. The Balaban J connectivity index is 1.16. The number of carbonyl (C=O) groups is 2. The zero-order valence-electron chi connectivity index (χ0n) is 23.7. The number of amides is 2. The Kier molecular flexibility index (Phi) is 7.91. The molecule has 1 aromatic heterocycles. The maximum absolute atomic E-state index is 13.9. The van der Waals surface area contributed by atoms with Crippen LogP contribution in [0.1, 0.15) is 41.0 Å². The first kappa shape index (κ1) is 28.9. The zero-order chi connectivity index (χ0) is 30.1. The number of likely N-dealkylation sites (tertiary alicyclic amines) is 1. The summed E-state index contributed by atoms with van der Waals surface area (Å²) in [7, 11) is 1.81. The van der Waals surface area contributed by atoms with E-state index in [0.29, 0.717) is 32.4 Å². The third-order valence-corrected chi connectivity index (χ3v) is 8.62. The van der Waals surface area contributed by atoms with Crippen molar-refractivity contribution in [2.75, 3.05) is 13.1 Å². The summed E-state index contributed by atoms with van der Waals surface area (Å²) >= 11 is 0. The van der Waals surface area contributed by atoms with E-state index in [-0.39, 0.29) is 30.2 Å². The van der Waals surface area contributed by atoms with E-state index in [4.69, 9.17) is 0 Å². The summed E-state index contributed by atoms with van der Waals surface area (Å²) in [6.07, 6.45) is -2.87. The number of rotatable bonds is 7. The van der Waals surface area contributed by atoms with Gasteiger partial charge in [0.25, 0.3) is 0 Å². The fourth-order valence-electron chi connectivity index (χ4n) is 6.33. The highest BCUT2D eigenvalue weighted by Crippen LogP contribution is 2.33. The van der Waals surface area contributed by atoms with Gasteiger partial charge in [-0.25, -0.2) is 4.68 Å². The lowest BCUT2D eigenvalue weighted by Crippen LogP contribution is -2.51. The lowest BCUT2D eigenvalue weighted by atomic mass is 9.96. The van der Waals surface area contributed by atoms with E-state index >= 15 is 0 Å². The summed E-state index contributed by atoms with van der Waals surface area (Å²) in [6.45, 7) is 1.30. The van der Waals surface area contributed by atoms with Crippen LogP contribution in [0.4, 0.5) is 13.2 Å². The van der Waals surface area contributed by atoms with Crippen molar-refractivity contribution in [3.8, 4) is 0 Å². The number of aryl methyl sites for hydroxylation is 1. The van der Waals surface area contributed by atoms with Gasteiger partial charge in [0.1, 0.15) is 11.6 Å². The fourth-order valence-corrected chi connectivity index (χ4v) is 6.33. The largest absolute Gasteiger partial charge is 0.416 e. The van der Waals surface area contributed by atoms with E-state index < -0.39 is 23.8 Å². The van der Waals surface area contributed by atoms with Crippen LogP contribution in [0, 0.1) is 5.92 Å². The molecular formula is C32H33F3N6O2. The molecule has 6 rings (SSSR count). The second-order valence-electron chi connectivity index (χ2n) is 11.6. The van der Waals surface area contributed by atoms with Crippen LogP contribution in [0.2, 0.25) is 0 Å². The van der Waals surface area contributed by atoms with Crippen molar-refractivity contribution >= 4 is 22.8 Å². The van der Waals surface area contributed by atoms with Gasteiger partial charge in [-0.2, -0.15) is 13.2 Å². The first-order valence-electron chi connectivity index (χ1n) is 14.5. The van der Waals surface area contributed by atoms with E-state index in [0.717, 1.165) is 34.3 Å². The molecule has 2 fully saturated rings. The number of fused-ring (bicyclic) bond motifs is 1. The summed E-state index contributed by atoms with van der Waals surface area (Å²) in [5.74, 6) is -0.239. The molecule has 0 spiro atoms. The van der Waals surface area contributed by atoms with Crippen molar-refractivity contribution in [1.82, 2.24) is 30.5 Å². The summed E-state index contributed by atoms with van der Waals surface area (Å²) in [5, 5.41) is 14.5. The molecule has 3 heterocycles. The molecule has 2 aliphatic heterocycles. The van der Waals surface area contributed by atoms with E-state index in [2.05, 4.69) is 33.1 Å². The molecule has 43 heavy (non-hydrogen) atoms. The third kappa shape index (κ3) is 6.27. The molecular weight excluding hydrogens is 557 g/mol. The Morgan fingerprint density at radius 3 is 2.49 bits per heavy atom. The van der Waals surface area contributed by atoms with Gasteiger partial charge >= 0.3 is 6.18 Å². The van der Waals surface area contributed by atoms with Crippen LogP contribution in [-0.4, -0.2) is 56.9 Å². The van der Waals surface area contributed by atoms with Crippen molar-refractivity contribution in [1.29, 1.82) is 0 Å². The van der Waals surface area contributed by atoms with Crippen LogP contribution in [0.5, 0.6) is 0 Å². The van der Waals surface area contributed by atoms with Gasteiger partial charge in [-0.15, -0.1) is 5.10 Å². The van der Waals surface area contributed by atoms with Crippen LogP contribution in [-0.2, 0) is 35.8 Å². The molecule has 2 N–H and O–H groups in total. The minimum absolute atomic E-state index is 0.0706. The quantitative estimate of drug-likeness (QED) is 0.337. The standard InChI is InChI=1S/C32H33F3N6O2/c1-40-28-12-9-21(14-26(28)38-39-40)17-37-30(42)29-15-22(13-20-7-10-25(11-8-20)32(33,34)35)19-41(29)31(43)27-16-24(18-36-27)23-5-3-2-4-6-23/h2-12,14,22,24,27,29,36H,13,15-19H2,1H3,(H,37,42)/t22-,24-,27-,29+/m1/s1. The summed E-state index contributed by atoms with van der Waals surface area (Å²) in [4.78, 5) is 29.1. The second-order valence-corrected chi connectivity index (χ2v) is 11.6. The van der Waals surface area contributed by atoms with Gasteiger partial charge in [0.15, 0.2) is 0 Å². The van der Waals surface area contributed by atoms with Crippen LogP contribution in [0.25, 0.3) is 11.0 Å². The SMILES string of the molecule is Cn1nnc2cc(CNC(=O)[C@@H]3C[C@@H](Cc4ccc(C(F)(F)F)cc4)CN3C(=O)[C@H]3C[C@@H](c4ccccc4)CN3)ccc21. The van der Waals surface area contributed by atoms with Crippen molar-refractivity contribution in [3.05, 3.63) is 95.1 Å². The Labute approximate surface area is 247 Å². The zero-order valence-corrected chi connectivity index (χ0v) is 23.7. The number of nitrogens with one attached hydrogen (secondary N) is 2. The van der Waals surface area contributed by atoms with Crippen LogP contribution in [0.3, 0.4) is 0 Å². The molecule has 4 atom stereocenters. The van der Waals surface area contributed by atoms with Crippen LogP contribution in [0.15, 0.2) is 72.8 Å². The number of aromatic nitrogens is 3. The predicted octanol–water partition coefficient (Wildman–Crippen LogP) is 4.21. The minimum Gasteiger partial charge on any atom is -0.350 e. The topological polar surface area (TPSA) is 92.2 Å². The normalized spacial score (nSPS) is 22.3. The average molecular weight is 591 g/mol. The summed E-state index contributed by atoms with van der Waals surface area (Å²) < 4.78 is 40.9. The number of alkyl halides is 3. The lowest BCUT2D eigenvalue weighted by molar-refractivity contribution is -0.139. The van der Waals surface area contributed by atoms with Gasteiger partial charge in [-0.1, -0.05) is 53.7 Å². The highest BCUT2D eigenvalue weighted by Gasteiger charge is 2.43. The van der Waals surface area contributed by atoms with Crippen LogP contribution >= 0.6 is 0 Å². The first-order valence-corrected chi connectivity index (χ1v) is 14.5. The van der Waals surface area contributed by atoms with Crippen molar-refractivity contribution in [2.45, 2.75) is 50.0 Å². The van der Waals surface area contributed by atoms with E-state index in [1.165, 1.54) is 17.7 Å². The maximum atomic E-state index is 13.9. The summed E-state index contributed by atoms with van der Waals surface area (Å²) in [6, 6.07) is 19.8. The van der Waals surface area contributed by atoms with Crippen molar-refractivity contribution in [3.63, 3.8) is 0 Å². The highest BCUT2D eigenvalue weighted by atomic mass is 19.4. The Bertz CT molecular complexity index is 1610. The molecule has 3 aromatic carbocycles. The molecule has 0 aliphatic carbocycles. The van der Waals surface area contributed by atoms with Gasteiger partial charge < -0.3 is 15.5 Å². The van der Waals surface area contributed by atoms with Crippen molar-refractivity contribution < 1.29 is 22.8 Å². The third-order valence-electron chi connectivity index (χ3n) is 8.62. The molecule has 2 saturated heterocycles. The molecule has 4 aromatic rings. The van der Waals surface area contributed by atoms with Gasteiger partial charge in [-0.05, 0) is 72.1 Å². The number of carbonyl (C=O) groups excluding carboxylic acids is 2. The smallest absolute Gasteiger partial charge is 0.350 e. The lowest BCUT2D eigenvalue weighted by Gasteiger charge is -2.27. The van der Waals surface area contributed by atoms with E-state index in [9.17, 15) is 22.8 Å². The van der Waals surface area contributed by atoms with Gasteiger partial charge in [-0.3, -0.25) is 9.59 Å². The number of hydrogen-bond donors (Lipinski definition) is 2. The Morgan fingerprint density at radius 2 is 1.74 bits per heavy atom. The van der Waals surface area contributed by atoms with Gasteiger partial charge in [0.05, 0.1) is 17.1 Å². The molecule has 11 heteroatoms. The molecule has 2 amide bonds.